The predicted molar refractivity (Wildman–Crippen MR) is 55.8 cm³/mol. The summed E-state index contributed by atoms with van der Waals surface area (Å²) in [5, 5.41) is 2.99. The molecule has 0 bridgehead atoms. The first-order valence-corrected chi connectivity index (χ1v) is 5.79. The molecule has 0 saturated carbocycles. The molecular formula is C9H17BrF3N. The van der Waals surface area contributed by atoms with Gasteiger partial charge in [-0.15, -0.1) is 0 Å². The maximum absolute atomic E-state index is 11.7. The molecule has 0 radical (unpaired) electrons. The topological polar surface area (TPSA) is 12.0 Å². The Kier molecular flexibility index (Phi) is 7.64. The monoisotopic (exact) mass is 275 g/mol. The number of hydrogen-bond donors (Lipinski definition) is 1. The molecule has 0 spiro atoms. The van der Waals surface area contributed by atoms with Crippen molar-refractivity contribution in [2.24, 2.45) is 0 Å². The van der Waals surface area contributed by atoms with Crippen molar-refractivity contribution >= 4 is 15.9 Å². The lowest BCUT2D eigenvalue weighted by Crippen LogP contribution is -2.21. The summed E-state index contributed by atoms with van der Waals surface area (Å²) in [5.74, 6) is 0. The van der Waals surface area contributed by atoms with Crippen molar-refractivity contribution in [3.05, 3.63) is 0 Å². The van der Waals surface area contributed by atoms with E-state index in [2.05, 4.69) is 28.2 Å². The van der Waals surface area contributed by atoms with Crippen molar-refractivity contribution in [1.82, 2.24) is 5.32 Å². The molecule has 0 aliphatic carbocycles. The molecule has 1 N–H and O–H groups in total. The molecule has 0 aromatic carbocycles. The molecule has 14 heavy (non-hydrogen) atoms. The lowest BCUT2D eigenvalue weighted by Gasteiger charge is -2.09. The zero-order valence-electron chi connectivity index (χ0n) is 8.33. The van der Waals surface area contributed by atoms with Gasteiger partial charge in [-0.2, -0.15) is 13.2 Å². The van der Waals surface area contributed by atoms with Crippen LogP contribution in [0.5, 0.6) is 0 Å². The standard InChI is InChI=1S/C9H17BrF3N/c1-2-8(10)4-7-14-6-3-5-9(11,12)13/h8,14H,2-7H2,1H3. The smallest absolute Gasteiger partial charge is 0.317 e. The minimum Gasteiger partial charge on any atom is -0.317 e. The molecule has 0 aromatic rings. The Morgan fingerprint density at radius 1 is 1.29 bits per heavy atom. The minimum atomic E-state index is -4.01. The fourth-order valence-corrected chi connectivity index (χ4v) is 1.23. The molecule has 1 atom stereocenters. The van der Waals surface area contributed by atoms with Gasteiger partial charge in [0, 0.05) is 11.2 Å². The van der Waals surface area contributed by atoms with Crippen molar-refractivity contribution in [3.8, 4) is 0 Å². The van der Waals surface area contributed by atoms with E-state index in [0.717, 1.165) is 19.4 Å². The number of rotatable bonds is 7. The van der Waals surface area contributed by atoms with Crippen LogP contribution in [0.2, 0.25) is 0 Å². The summed E-state index contributed by atoms with van der Waals surface area (Å²) in [6.45, 7) is 3.30. The van der Waals surface area contributed by atoms with Crippen molar-refractivity contribution in [2.75, 3.05) is 13.1 Å². The second-order valence-corrected chi connectivity index (χ2v) is 4.56. The largest absolute Gasteiger partial charge is 0.389 e. The van der Waals surface area contributed by atoms with Crippen LogP contribution in [0.4, 0.5) is 13.2 Å². The Bertz CT molecular complexity index is 139. The van der Waals surface area contributed by atoms with Crippen LogP contribution in [-0.2, 0) is 0 Å². The van der Waals surface area contributed by atoms with Crippen LogP contribution in [0.25, 0.3) is 0 Å². The zero-order chi connectivity index (χ0) is 11.0. The van der Waals surface area contributed by atoms with Gasteiger partial charge in [0.25, 0.3) is 0 Å². The third-order valence-corrected chi connectivity index (χ3v) is 3.00. The Balaban J connectivity index is 3.14. The van der Waals surface area contributed by atoms with E-state index in [1.165, 1.54) is 0 Å². The van der Waals surface area contributed by atoms with Crippen molar-refractivity contribution in [2.45, 2.75) is 43.6 Å². The molecule has 0 aliphatic rings. The fraction of sp³-hybridized carbons (Fsp3) is 1.00. The Morgan fingerprint density at radius 2 is 1.93 bits per heavy atom. The van der Waals surface area contributed by atoms with E-state index in [9.17, 15) is 13.2 Å². The van der Waals surface area contributed by atoms with Crippen LogP contribution in [0.15, 0.2) is 0 Å². The molecule has 1 nitrogen and oxygen atoms in total. The van der Waals surface area contributed by atoms with Gasteiger partial charge in [0.2, 0.25) is 0 Å². The van der Waals surface area contributed by atoms with Crippen molar-refractivity contribution in [1.29, 1.82) is 0 Å². The van der Waals surface area contributed by atoms with E-state index >= 15 is 0 Å². The molecule has 0 aromatic heterocycles. The Hall–Kier alpha value is 0.230. The molecule has 86 valence electrons. The predicted octanol–water partition coefficient (Wildman–Crippen LogP) is 3.48. The molecule has 0 aliphatic heterocycles. The molecule has 0 saturated heterocycles. The third kappa shape index (κ3) is 10.3. The highest BCUT2D eigenvalue weighted by molar-refractivity contribution is 9.09. The quantitative estimate of drug-likeness (QED) is 0.554. The van der Waals surface area contributed by atoms with Gasteiger partial charge in [-0.05, 0) is 32.4 Å². The van der Waals surface area contributed by atoms with Gasteiger partial charge >= 0.3 is 6.18 Å². The maximum Gasteiger partial charge on any atom is 0.389 e. The van der Waals surface area contributed by atoms with E-state index in [-0.39, 0.29) is 6.42 Å². The van der Waals surface area contributed by atoms with Crippen LogP contribution in [0.1, 0.15) is 32.6 Å². The van der Waals surface area contributed by atoms with Gasteiger partial charge in [0.1, 0.15) is 0 Å². The van der Waals surface area contributed by atoms with Gasteiger partial charge in [-0.1, -0.05) is 22.9 Å². The average Bonchev–Trinajstić information content (AvgIpc) is 2.08. The molecular weight excluding hydrogens is 259 g/mol. The molecule has 1 unspecified atom stereocenters. The van der Waals surface area contributed by atoms with Gasteiger partial charge in [0.15, 0.2) is 0 Å². The molecule has 0 amide bonds. The zero-order valence-corrected chi connectivity index (χ0v) is 9.92. The molecule has 0 rings (SSSR count). The summed E-state index contributed by atoms with van der Waals surface area (Å²) in [6.07, 6.45) is -2.52. The van der Waals surface area contributed by atoms with Gasteiger partial charge < -0.3 is 5.32 Å². The summed E-state index contributed by atoms with van der Waals surface area (Å²) in [5.41, 5.74) is 0. The van der Waals surface area contributed by atoms with Crippen LogP contribution in [0.3, 0.4) is 0 Å². The van der Waals surface area contributed by atoms with Crippen molar-refractivity contribution in [3.63, 3.8) is 0 Å². The third-order valence-electron chi connectivity index (χ3n) is 1.89. The summed E-state index contributed by atoms with van der Waals surface area (Å²) in [4.78, 5) is 0.470. The van der Waals surface area contributed by atoms with E-state index in [0.29, 0.717) is 11.4 Å². The second-order valence-electron chi connectivity index (χ2n) is 3.26. The first-order chi connectivity index (χ1) is 6.45. The van der Waals surface area contributed by atoms with Gasteiger partial charge in [0.05, 0.1) is 0 Å². The SMILES string of the molecule is CCC(Br)CCNCCCC(F)(F)F. The first kappa shape index (κ1) is 14.2. The summed E-state index contributed by atoms with van der Waals surface area (Å²) in [7, 11) is 0. The normalized spacial score (nSPS) is 14.4. The van der Waals surface area contributed by atoms with E-state index < -0.39 is 12.6 Å². The van der Waals surface area contributed by atoms with Gasteiger partial charge in [-0.25, -0.2) is 0 Å². The molecule has 0 fully saturated rings. The second kappa shape index (κ2) is 7.51. The van der Waals surface area contributed by atoms with Crippen LogP contribution < -0.4 is 5.32 Å². The molecule has 0 heterocycles. The molecule has 5 heteroatoms. The van der Waals surface area contributed by atoms with Crippen molar-refractivity contribution < 1.29 is 13.2 Å². The average molecular weight is 276 g/mol. The van der Waals surface area contributed by atoms with E-state index in [1.807, 2.05) is 0 Å². The fourth-order valence-electron chi connectivity index (χ4n) is 1.00. The number of nitrogens with one attached hydrogen (secondary N) is 1. The lowest BCUT2D eigenvalue weighted by molar-refractivity contribution is -0.135. The van der Waals surface area contributed by atoms with Gasteiger partial charge in [-0.3, -0.25) is 0 Å². The van der Waals surface area contributed by atoms with E-state index in [1.54, 1.807) is 0 Å². The Morgan fingerprint density at radius 3 is 2.43 bits per heavy atom. The summed E-state index contributed by atoms with van der Waals surface area (Å²) in [6, 6.07) is 0. The van der Waals surface area contributed by atoms with E-state index in [4.69, 9.17) is 0 Å². The number of hydrogen-bond acceptors (Lipinski definition) is 1. The minimum absolute atomic E-state index is 0.169. The van der Waals surface area contributed by atoms with Crippen LogP contribution in [0, 0.1) is 0 Å². The highest BCUT2D eigenvalue weighted by Crippen LogP contribution is 2.20. The summed E-state index contributed by atoms with van der Waals surface area (Å²) < 4.78 is 35.1. The lowest BCUT2D eigenvalue weighted by atomic mass is 10.2. The maximum atomic E-state index is 11.7. The van der Waals surface area contributed by atoms with Crippen LogP contribution >= 0.6 is 15.9 Å². The van der Waals surface area contributed by atoms with Crippen LogP contribution in [-0.4, -0.2) is 24.1 Å². The summed E-state index contributed by atoms with van der Waals surface area (Å²) >= 11 is 3.46. The number of alkyl halides is 4. The highest BCUT2D eigenvalue weighted by atomic mass is 79.9. The number of halogens is 4. The highest BCUT2D eigenvalue weighted by Gasteiger charge is 2.25. The Labute approximate surface area is 91.6 Å². The first-order valence-electron chi connectivity index (χ1n) is 4.87.